The Balaban J connectivity index is 1.43. The lowest BCUT2D eigenvalue weighted by Crippen LogP contribution is -2.34. The molecule has 2 amide bonds. The molecule has 1 aliphatic rings. The summed E-state index contributed by atoms with van der Waals surface area (Å²) in [6, 6.07) is 17.2. The number of benzene rings is 2. The molecule has 0 bridgehead atoms. The molecule has 2 aromatic carbocycles. The van der Waals surface area contributed by atoms with Gasteiger partial charge in [-0.15, -0.1) is 0 Å². The minimum Gasteiger partial charge on any atom is -0.484 e. The highest BCUT2D eigenvalue weighted by Gasteiger charge is 2.30. The largest absolute Gasteiger partial charge is 0.484 e. The molecule has 0 saturated carbocycles. The molecule has 1 N–H and O–H groups in total. The number of amides is 2. The maximum atomic E-state index is 12.2. The number of nitrogens with zero attached hydrogens (tertiary/aromatic N) is 1. The molecule has 5 heteroatoms. The SMILES string of the molecule is Cc1ccc(OCC(=O)NCC2CC(=O)N(c3ccccc3)C2)cc1. The summed E-state index contributed by atoms with van der Waals surface area (Å²) in [4.78, 5) is 25.9. The van der Waals surface area contributed by atoms with Crippen LogP contribution in [0, 0.1) is 12.8 Å². The molecule has 1 saturated heterocycles. The Labute approximate surface area is 147 Å². The number of hydrogen-bond acceptors (Lipinski definition) is 3. The molecule has 1 heterocycles. The molecule has 1 fully saturated rings. The Morgan fingerprint density at radius 3 is 2.60 bits per heavy atom. The molecule has 0 radical (unpaired) electrons. The van der Waals surface area contributed by atoms with Crippen molar-refractivity contribution >= 4 is 17.5 Å². The molecule has 1 aliphatic heterocycles. The van der Waals surface area contributed by atoms with Gasteiger partial charge in [-0.3, -0.25) is 9.59 Å². The number of rotatable bonds is 6. The van der Waals surface area contributed by atoms with Crippen molar-refractivity contribution in [1.29, 1.82) is 0 Å². The van der Waals surface area contributed by atoms with Crippen LogP contribution >= 0.6 is 0 Å². The maximum Gasteiger partial charge on any atom is 0.257 e. The third-order valence-electron chi connectivity index (χ3n) is 4.25. The van der Waals surface area contributed by atoms with Gasteiger partial charge in [0.25, 0.3) is 5.91 Å². The Morgan fingerprint density at radius 2 is 1.88 bits per heavy atom. The fraction of sp³-hybridized carbons (Fsp3) is 0.300. The van der Waals surface area contributed by atoms with Gasteiger partial charge >= 0.3 is 0 Å². The van der Waals surface area contributed by atoms with Crippen LogP contribution in [0.15, 0.2) is 54.6 Å². The van der Waals surface area contributed by atoms with Gasteiger partial charge in [0, 0.05) is 31.1 Å². The zero-order valence-corrected chi connectivity index (χ0v) is 14.3. The first-order valence-corrected chi connectivity index (χ1v) is 8.43. The van der Waals surface area contributed by atoms with Crippen molar-refractivity contribution in [3.63, 3.8) is 0 Å². The standard InChI is InChI=1S/C20H22N2O3/c1-15-7-9-18(10-8-15)25-14-19(23)21-12-16-11-20(24)22(13-16)17-5-3-2-4-6-17/h2-10,16H,11-14H2,1H3,(H,21,23). The van der Waals surface area contributed by atoms with Crippen molar-refractivity contribution in [2.75, 3.05) is 24.6 Å². The predicted octanol–water partition coefficient (Wildman–Crippen LogP) is 2.54. The molecule has 1 unspecified atom stereocenters. The van der Waals surface area contributed by atoms with Crippen LogP contribution in [-0.2, 0) is 9.59 Å². The number of carbonyl (C=O) groups excluding carboxylic acids is 2. The van der Waals surface area contributed by atoms with Gasteiger partial charge in [0.15, 0.2) is 6.61 Å². The summed E-state index contributed by atoms with van der Waals surface area (Å²) in [5.74, 6) is 0.718. The van der Waals surface area contributed by atoms with E-state index in [2.05, 4.69) is 5.32 Å². The van der Waals surface area contributed by atoms with Crippen molar-refractivity contribution < 1.29 is 14.3 Å². The van der Waals surface area contributed by atoms with Crippen LogP contribution in [0.4, 0.5) is 5.69 Å². The van der Waals surface area contributed by atoms with Crippen LogP contribution in [0.25, 0.3) is 0 Å². The summed E-state index contributed by atoms with van der Waals surface area (Å²) in [5.41, 5.74) is 2.05. The normalized spacial score (nSPS) is 16.8. The minimum absolute atomic E-state index is 0.0217. The van der Waals surface area contributed by atoms with E-state index in [0.717, 1.165) is 11.3 Å². The van der Waals surface area contributed by atoms with Crippen LogP contribution in [0.1, 0.15) is 12.0 Å². The van der Waals surface area contributed by atoms with Gasteiger partial charge in [-0.05, 0) is 31.2 Å². The fourth-order valence-corrected chi connectivity index (χ4v) is 2.87. The first-order valence-electron chi connectivity index (χ1n) is 8.43. The predicted molar refractivity (Wildman–Crippen MR) is 96.6 cm³/mol. The van der Waals surface area contributed by atoms with Gasteiger partial charge < -0.3 is 15.0 Å². The second kappa shape index (κ2) is 7.83. The molecule has 5 nitrogen and oxygen atoms in total. The molecular formula is C20H22N2O3. The smallest absolute Gasteiger partial charge is 0.257 e. The number of carbonyl (C=O) groups is 2. The lowest BCUT2D eigenvalue weighted by Gasteiger charge is -2.17. The van der Waals surface area contributed by atoms with Gasteiger partial charge in [-0.1, -0.05) is 35.9 Å². The molecule has 0 aromatic heterocycles. The van der Waals surface area contributed by atoms with Gasteiger partial charge in [0.1, 0.15) is 5.75 Å². The first-order chi connectivity index (χ1) is 12.1. The first kappa shape index (κ1) is 17.0. The second-order valence-electron chi connectivity index (χ2n) is 6.32. The number of ether oxygens (including phenoxy) is 1. The molecule has 2 aromatic rings. The summed E-state index contributed by atoms with van der Waals surface area (Å²) in [7, 11) is 0. The lowest BCUT2D eigenvalue weighted by molar-refractivity contribution is -0.123. The quantitative estimate of drug-likeness (QED) is 0.880. The summed E-state index contributed by atoms with van der Waals surface area (Å²) in [6.45, 7) is 3.08. The molecule has 0 spiro atoms. The monoisotopic (exact) mass is 338 g/mol. The van der Waals surface area contributed by atoms with E-state index in [1.807, 2.05) is 61.5 Å². The van der Waals surface area contributed by atoms with E-state index in [9.17, 15) is 9.59 Å². The zero-order chi connectivity index (χ0) is 17.6. The van der Waals surface area contributed by atoms with E-state index >= 15 is 0 Å². The number of hydrogen-bond donors (Lipinski definition) is 1. The third kappa shape index (κ3) is 4.59. The van der Waals surface area contributed by atoms with Crippen molar-refractivity contribution in [2.24, 2.45) is 5.92 Å². The summed E-state index contributed by atoms with van der Waals surface area (Å²) in [6.07, 6.45) is 0.452. The van der Waals surface area contributed by atoms with Crippen molar-refractivity contribution in [1.82, 2.24) is 5.32 Å². The van der Waals surface area contributed by atoms with E-state index in [1.54, 1.807) is 4.90 Å². The van der Waals surface area contributed by atoms with Crippen LogP contribution in [-0.4, -0.2) is 31.5 Å². The number of anilines is 1. The molecule has 0 aliphatic carbocycles. The highest BCUT2D eigenvalue weighted by atomic mass is 16.5. The third-order valence-corrected chi connectivity index (χ3v) is 4.25. The van der Waals surface area contributed by atoms with Crippen molar-refractivity contribution in [3.05, 3.63) is 60.2 Å². The van der Waals surface area contributed by atoms with Gasteiger partial charge in [0.05, 0.1) is 0 Å². The fourth-order valence-electron chi connectivity index (χ4n) is 2.87. The van der Waals surface area contributed by atoms with Gasteiger partial charge in [0.2, 0.25) is 5.91 Å². The van der Waals surface area contributed by atoms with Crippen molar-refractivity contribution in [2.45, 2.75) is 13.3 Å². The minimum atomic E-state index is -0.175. The van der Waals surface area contributed by atoms with Gasteiger partial charge in [-0.2, -0.15) is 0 Å². The molecular weight excluding hydrogens is 316 g/mol. The number of para-hydroxylation sites is 1. The average Bonchev–Trinajstić information content (AvgIpc) is 3.01. The summed E-state index contributed by atoms with van der Waals surface area (Å²) in [5, 5.41) is 2.86. The molecule has 1 atom stereocenters. The summed E-state index contributed by atoms with van der Waals surface area (Å²) < 4.78 is 5.46. The van der Waals surface area contributed by atoms with E-state index < -0.39 is 0 Å². The van der Waals surface area contributed by atoms with Crippen LogP contribution < -0.4 is 15.0 Å². The number of nitrogens with one attached hydrogen (secondary N) is 1. The van der Waals surface area contributed by atoms with Crippen LogP contribution in [0.5, 0.6) is 5.75 Å². The highest BCUT2D eigenvalue weighted by Crippen LogP contribution is 2.24. The summed E-state index contributed by atoms with van der Waals surface area (Å²) >= 11 is 0. The highest BCUT2D eigenvalue weighted by molar-refractivity contribution is 5.95. The van der Waals surface area contributed by atoms with Crippen LogP contribution in [0.3, 0.4) is 0 Å². The number of aryl methyl sites for hydroxylation is 1. The van der Waals surface area contributed by atoms with E-state index in [0.29, 0.717) is 25.3 Å². The molecule has 130 valence electrons. The van der Waals surface area contributed by atoms with Gasteiger partial charge in [-0.25, -0.2) is 0 Å². The van der Waals surface area contributed by atoms with E-state index in [4.69, 9.17) is 4.74 Å². The van der Waals surface area contributed by atoms with E-state index in [1.165, 1.54) is 0 Å². The zero-order valence-electron chi connectivity index (χ0n) is 14.3. The Bertz CT molecular complexity index is 728. The maximum absolute atomic E-state index is 12.2. The van der Waals surface area contributed by atoms with Crippen LogP contribution in [0.2, 0.25) is 0 Å². The Kier molecular flexibility index (Phi) is 5.33. The Morgan fingerprint density at radius 1 is 1.16 bits per heavy atom. The Hall–Kier alpha value is -2.82. The molecule has 25 heavy (non-hydrogen) atoms. The van der Waals surface area contributed by atoms with E-state index in [-0.39, 0.29) is 24.3 Å². The molecule has 3 rings (SSSR count). The topological polar surface area (TPSA) is 58.6 Å². The average molecular weight is 338 g/mol. The second-order valence-corrected chi connectivity index (χ2v) is 6.32. The lowest BCUT2D eigenvalue weighted by atomic mass is 10.1. The van der Waals surface area contributed by atoms with Crippen molar-refractivity contribution in [3.8, 4) is 5.75 Å².